The van der Waals surface area contributed by atoms with Crippen LogP contribution in [0.2, 0.25) is 0 Å². The summed E-state index contributed by atoms with van der Waals surface area (Å²) >= 11 is 0. The molecule has 31 heavy (non-hydrogen) atoms. The summed E-state index contributed by atoms with van der Waals surface area (Å²) in [7, 11) is 0. The molecule has 0 fully saturated rings. The molecule has 1 aromatic heterocycles. The average molecular weight is 398 g/mol. The molecule has 6 aromatic rings. The van der Waals surface area contributed by atoms with E-state index in [-0.39, 0.29) is 0 Å². The Morgan fingerprint density at radius 1 is 0.645 bits per heavy atom. The zero-order valence-electron chi connectivity index (χ0n) is 17.8. The fourth-order valence-electron chi connectivity index (χ4n) is 5.17. The number of nitrogens with zero attached hydrogens (tertiary/aromatic N) is 1. The molecule has 5 aromatic carbocycles. The highest BCUT2D eigenvalue weighted by Crippen LogP contribution is 2.43. The molecule has 1 heterocycles. The van der Waals surface area contributed by atoms with Crippen LogP contribution in [0.25, 0.3) is 55.1 Å². The Balaban J connectivity index is 2.00. The number of aryl methyl sites for hydroxylation is 1. The van der Waals surface area contributed by atoms with Crippen molar-refractivity contribution in [1.29, 1.82) is 0 Å². The summed E-state index contributed by atoms with van der Waals surface area (Å²) in [6, 6.07) is 32.8. The molecule has 0 unspecified atom stereocenters. The molecule has 1 nitrogen and oxygen atoms in total. The maximum atomic E-state index is 2.45. The summed E-state index contributed by atoms with van der Waals surface area (Å²) in [5, 5.41) is 7.87. The third-order valence-electron chi connectivity index (χ3n) is 6.46. The maximum absolute atomic E-state index is 2.45. The van der Waals surface area contributed by atoms with Crippen molar-refractivity contribution in [3.05, 3.63) is 108 Å². The fraction of sp³-hybridized carbons (Fsp3) is 0.0667. The van der Waals surface area contributed by atoms with Crippen LogP contribution in [-0.4, -0.2) is 4.57 Å². The Hall–Kier alpha value is -3.84. The van der Waals surface area contributed by atoms with Crippen LogP contribution >= 0.6 is 0 Å². The highest BCUT2D eigenvalue weighted by molar-refractivity contribution is 6.28. The molecule has 0 radical (unpaired) electrons. The summed E-state index contributed by atoms with van der Waals surface area (Å²) < 4.78 is 2.45. The molecular weight excluding hydrogens is 374 g/mol. The first-order valence-electron chi connectivity index (χ1n) is 10.8. The fourth-order valence-corrected chi connectivity index (χ4v) is 5.17. The smallest absolute Gasteiger partial charge is 0.0622 e. The molecule has 148 valence electrons. The molecular formula is C30H23N. The quantitative estimate of drug-likeness (QED) is 0.276. The van der Waals surface area contributed by atoms with Gasteiger partial charge in [-0.15, -0.1) is 0 Å². The Morgan fingerprint density at radius 2 is 1.32 bits per heavy atom. The molecule has 0 aliphatic rings. The van der Waals surface area contributed by atoms with Crippen LogP contribution in [0.4, 0.5) is 0 Å². The number of hydrogen-bond donors (Lipinski definition) is 0. The van der Waals surface area contributed by atoms with E-state index in [9.17, 15) is 0 Å². The van der Waals surface area contributed by atoms with E-state index in [2.05, 4.69) is 122 Å². The van der Waals surface area contributed by atoms with Crippen LogP contribution in [0.15, 0.2) is 97.1 Å². The van der Waals surface area contributed by atoms with E-state index in [1.165, 1.54) is 60.2 Å². The lowest BCUT2D eigenvalue weighted by Gasteiger charge is -2.13. The zero-order chi connectivity index (χ0) is 20.9. The topological polar surface area (TPSA) is 4.93 Å². The second-order valence-corrected chi connectivity index (χ2v) is 8.16. The third kappa shape index (κ3) is 2.50. The number of para-hydroxylation sites is 1. The Morgan fingerprint density at radius 3 is 2.10 bits per heavy atom. The summed E-state index contributed by atoms with van der Waals surface area (Å²) in [5.74, 6) is 0. The number of benzene rings is 5. The summed E-state index contributed by atoms with van der Waals surface area (Å²) in [6.07, 6.45) is 4.41. The maximum Gasteiger partial charge on any atom is 0.0622 e. The van der Waals surface area contributed by atoms with Gasteiger partial charge in [0.2, 0.25) is 0 Å². The number of allylic oxidation sites excluding steroid dienone is 1. The Labute approximate surface area is 181 Å². The van der Waals surface area contributed by atoms with Crippen molar-refractivity contribution < 1.29 is 0 Å². The van der Waals surface area contributed by atoms with E-state index in [1.807, 2.05) is 0 Å². The standard InChI is InChI=1S/C30H23N/c1-3-11-23-20(2)28-29-24-15-8-7-12-21(24)18-19-27(29)31(22-13-5-4-6-14-22)30(28)26-17-10-9-16-25(23)26/h3-19H,1-2H3/b11-3-. The van der Waals surface area contributed by atoms with Crippen molar-refractivity contribution >= 4 is 49.4 Å². The highest BCUT2D eigenvalue weighted by atomic mass is 15.0. The molecule has 6 rings (SSSR count). The lowest BCUT2D eigenvalue weighted by atomic mass is 9.93. The van der Waals surface area contributed by atoms with Gasteiger partial charge in [0.15, 0.2) is 0 Å². The number of rotatable bonds is 2. The van der Waals surface area contributed by atoms with Crippen molar-refractivity contribution in [2.24, 2.45) is 0 Å². The van der Waals surface area contributed by atoms with Crippen molar-refractivity contribution in [3.8, 4) is 5.69 Å². The Bertz CT molecular complexity index is 1630. The number of hydrogen-bond acceptors (Lipinski definition) is 0. The van der Waals surface area contributed by atoms with Gasteiger partial charge in [0, 0.05) is 21.8 Å². The first-order valence-corrected chi connectivity index (χ1v) is 10.8. The number of aromatic nitrogens is 1. The van der Waals surface area contributed by atoms with Crippen molar-refractivity contribution in [1.82, 2.24) is 4.57 Å². The van der Waals surface area contributed by atoms with Gasteiger partial charge in [0.1, 0.15) is 0 Å². The molecule has 0 N–H and O–H groups in total. The van der Waals surface area contributed by atoms with Crippen molar-refractivity contribution in [2.75, 3.05) is 0 Å². The second kappa shape index (κ2) is 6.85. The van der Waals surface area contributed by atoms with E-state index in [0.717, 1.165) is 0 Å². The lowest BCUT2D eigenvalue weighted by Crippen LogP contribution is -1.95. The molecule has 0 aliphatic heterocycles. The molecule has 0 aliphatic carbocycles. The second-order valence-electron chi connectivity index (χ2n) is 8.16. The van der Waals surface area contributed by atoms with Crippen LogP contribution in [0.1, 0.15) is 18.1 Å². The van der Waals surface area contributed by atoms with Gasteiger partial charge < -0.3 is 4.57 Å². The molecule has 0 saturated carbocycles. The summed E-state index contributed by atoms with van der Waals surface area (Å²) in [6.45, 7) is 4.38. The molecule has 0 amide bonds. The zero-order valence-corrected chi connectivity index (χ0v) is 17.8. The first-order chi connectivity index (χ1) is 15.3. The third-order valence-corrected chi connectivity index (χ3v) is 6.46. The van der Waals surface area contributed by atoms with Gasteiger partial charge in [-0.25, -0.2) is 0 Å². The predicted octanol–water partition coefficient (Wildman–Crippen LogP) is 8.43. The average Bonchev–Trinajstić information content (AvgIpc) is 3.18. The van der Waals surface area contributed by atoms with Gasteiger partial charge >= 0.3 is 0 Å². The molecule has 1 heteroatoms. The van der Waals surface area contributed by atoms with E-state index in [1.54, 1.807) is 0 Å². The molecule has 0 bridgehead atoms. The van der Waals surface area contributed by atoms with Crippen LogP contribution in [0, 0.1) is 6.92 Å². The van der Waals surface area contributed by atoms with Gasteiger partial charge in [-0.3, -0.25) is 0 Å². The molecule has 0 spiro atoms. The van der Waals surface area contributed by atoms with Gasteiger partial charge in [-0.2, -0.15) is 0 Å². The summed E-state index contributed by atoms with van der Waals surface area (Å²) in [4.78, 5) is 0. The van der Waals surface area contributed by atoms with Crippen LogP contribution in [-0.2, 0) is 0 Å². The Kier molecular flexibility index (Phi) is 3.97. The van der Waals surface area contributed by atoms with E-state index >= 15 is 0 Å². The van der Waals surface area contributed by atoms with Gasteiger partial charge in [-0.05, 0) is 59.3 Å². The minimum Gasteiger partial charge on any atom is -0.309 e. The van der Waals surface area contributed by atoms with Crippen LogP contribution in [0.5, 0.6) is 0 Å². The van der Waals surface area contributed by atoms with Gasteiger partial charge in [0.25, 0.3) is 0 Å². The highest BCUT2D eigenvalue weighted by Gasteiger charge is 2.20. The predicted molar refractivity (Wildman–Crippen MR) is 135 cm³/mol. The van der Waals surface area contributed by atoms with Crippen molar-refractivity contribution in [3.63, 3.8) is 0 Å². The van der Waals surface area contributed by atoms with E-state index < -0.39 is 0 Å². The van der Waals surface area contributed by atoms with E-state index in [4.69, 9.17) is 0 Å². The number of fused-ring (bicyclic) bond motifs is 7. The largest absolute Gasteiger partial charge is 0.309 e. The van der Waals surface area contributed by atoms with Crippen LogP contribution in [0.3, 0.4) is 0 Å². The minimum atomic E-state index is 1.20. The first kappa shape index (κ1) is 18.0. The molecule has 0 atom stereocenters. The van der Waals surface area contributed by atoms with Crippen molar-refractivity contribution in [2.45, 2.75) is 13.8 Å². The van der Waals surface area contributed by atoms with Gasteiger partial charge in [-0.1, -0.05) is 84.9 Å². The minimum absolute atomic E-state index is 1.20. The molecule has 0 saturated heterocycles. The van der Waals surface area contributed by atoms with Crippen LogP contribution < -0.4 is 0 Å². The lowest BCUT2D eigenvalue weighted by molar-refractivity contribution is 1.19. The van der Waals surface area contributed by atoms with E-state index in [0.29, 0.717) is 0 Å². The normalized spacial score (nSPS) is 12.1. The van der Waals surface area contributed by atoms with Gasteiger partial charge in [0.05, 0.1) is 11.0 Å². The summed E-state index contributed by atoms with van der Waals surface area (Å²) in [5.41, 5.74) is 6.39. The SMILES string of the molecule is C/C=C\c1c(C)c2c3c4ccccc4ccc3n(-c3ccccc3)c2c2ccccc12. The monoisotopic (exact) mass is 397 g/mol.